The summed E-state index contributed by atoms with van der Waals surface area (Å²) in [4.78, 5) is 20.5. The first-order valence-electron chi connectivity index (χ1n) is 6.15. The van der Waals surface area contributed by atoms with Crippen molar-refractivity contribution in [3.63, 3.8) is 0 Å². The monoisotopic (exact) mass is 326 g/mol. The highest BCUT2D eigenvalue weighted by molar-refractivity contribution is 5.96. The van der Waals surface area contributed by atoms with Gasteiger partial charge in [-0.15, -0.1) is 0 Å². The van der Waals surface area contributed by atoms with Crippen molar-refractivity contribution in [2.75, 3.05) is 5.32 Å². The van der Waals surface area contributed by atoms with Crippen molar-refractivity contribution in [1.29, 1.82) is 0 Å². The summed E-state index contributed by atoms with van der Waals surface area (Å²) in [6.45, 7) is 1.60. The number of carbonyl (C=O) groups is 1. The molecule has 0 radical (unpaired) electrons. The van der Waals surface area contributed by atoms with Crippen LogP contribution in [-0.4, -0.2) is 16.0 Å². The van der Waals surface area contributed by atoms with E-state index in [2.05, 4.69) is 5.32 Å². The van der Waals surface area contributed by atoms with E-state index in [4.69, 9.17) is 5.11 Å². The highest BCUT2D eigenvalue weighted by atomic mass is 19.2. The van der Waals surface area contributed by atoms with Gasteiger partial charge in [0.1, 0.15) is 5.82 Å². The zero-order valence-electron chi connectivity index (χ0n) is 11.6. The summed E-state index contributed by atoms with van der Waals surface area (Å²) in [5.74, 6) is -6.17. The maximum atomic E-state index is 14.0. The molecule has 0 spiro atoms. The van der Waals surface area contributed by atoms with Gasteiger partial charge in [0.05, 0.1) is 21.9 Å². The first-order valence-corrected chi connectivity index (χ1v) is 6.15. The Hall–Kier alpha value is -3.10. The number of nitro groups is 1. The smallest absolute Gasteiger partial charge is 0.338 e. The van der Waals surface area contributed by atoms with Crippen LogP contribution in [0.5, 0.6) is 0 Å². The van der Waals surface area contributed by atoms with Crippen LogP contribution in [0.1, 0.15) is 15.9 Å². The number of nitrogens with zero attached hydrogens (tertiary/aromatic N) is 1. The Morgan fingerprint density at radius 1 is 1.22 bits per heavy atom. The zero-order valence-corrected chi connectivity index (χ0v) is 11.6. The van der Waals surface area contributed by atoms with Gasteiger partial charge in [0, 0.05) is 6.07 Å². The molecule has 6 nitrogen and oxygen atoms in total. The van der Waals surface area contributed by atoms with Crippen LogP contribution < -0.4 is 5.32 Å². The summed E-state index contributed by atoms with van der Waals surface area (Å²) in [5, 5.41) is 21.8. The van der Waals surface area contributed by atoms with Gasteiger partial charge in [0.2, 0.25) is 5.82 Å². The largest absolute Gasteiger partial charge is 0.478 e. The molecular formula is C14H9F3N2O4. The van der Waals surface area contributed by atoms with E-state index in [0.29, 0.717) is 11.6 Å². The molecule has 2 aromatic carbocycles. The Bertz CT molecular complexity index is 824. The predicted octanol–water partition coefficient (Wildman–Crippen LogP) is 3.76. The third-order valence-corrected chi connectivity index (χ3v) is 3.00. The summed E-state index contributed by atoms with van der Waals surface area (Å²) in [6.07, 6.45) is 0. The molecule has 23 heavy (non-hydrogen) atoms. The topological polar surface area (TPSA) is 92.5 Å². The van der Waals surface area contributed by atoms with Gasteiger partial charge in [0.15, 0.2) is 5.82 Å². The number of benzene rings is 2. The van der Waals surface area contributed by atoms with Crippen LogP contribution in [0.3, 0.4) is 0 Å². The fourth-order valence-electron chi connectivity index (χ4n) is 1.89. The minimum atomic E-state index is -1.84. The van der Waals surface area contributed by atoms with Crippen molar-refractivity contribution in [3.05, 3.63) is 63.0 Å². The van der Waals surface area contributed by atoms with Gasteiger partial charge in [-0.25, -0.2) is 13.6 Å². The number of anilines is 2. The van der Waals surface area contributed by atoms with E-state index in [1.807, 2.05) is 0 Å². The lowest BCUT2D eigenvalue weighted by atomic mass is 10.1. The molecule has 0 heterocycles. The van der Waals surface area contributed by atoms with Crippen LogP contribution >= 0.6 is 0 Å². The molecular weight excluding hydrogens is 317 g/mol. The molecule has 0 amide bonds. The number of hydrogen-bond acceptors (Lipinski definition) is 4. The highest BCUT2D eigenvalue weighted by Gasteiger charge is 2.28. The zero-order chi connectivity index (χ0) is 17.3. The van der Waals surface area contributed by atoms with Gasteiger partial charge < -0.3 is 10.4 Å². The molecule has 120 valence electrons. The maximum Gasteiger partial charge on any atom is 0.338 e. The first kappa shape index (κ1) is 16.3. The second-order valence-corrected chi connectivity index (χ2v) is 4.62. The standard InChI is InChI=1S/C14H9F3N2O4/c1-6-2-3-9(8(15)4-6)18-13-7(14(20)21)5-10(19(22)23)11(16)12(13)17/h2-5,18H,1H3,(H,20,21). The number of rotatable bonds is 4. The van der Waals surface area contributed by atoms with Crippen LogP contribution in [0.2, 0.25) is 0 Å². The Labute approximate surface area is 127 Å². The van der Waals surface area contributed by atoms with Gasteiger partial charge in [-0.1, -0.05) is 6.07 Å². The Morgan fingerprint density at radius 3 is 2.39 bits per heavy atom. The van der Waals surface area contributed by atoms with Gasteiger partial charge in [0.25, 0.3) is 0 Å². The average molecular weight is 326 g/mol. The molecule has 2 rings (SSSR count). The van der Waals surface area contributed by atoms with Crippen LogP contribution in [0.4, 0.5) is 30.2 Å². The van der Waals surface area contributed by atoms with Gasteiger partial charge in [-0.05, 0) is 24.6 Å². The highest BCUT2D eigenvalue weighted by Crippen LogP contribution is 2.33. The molecule has 2 N–H and O–H groups in total. The van der Waals surface area contributed by atoms with Crippen LogP contribution in [0.15, 0.2) is 24.3 Å². The van der Waals surface area contributed by atoms with Crippen molar-refractivity contribution in [2.24, 2.45) is 0 Å². The number of carboxylic acid groups (broad SMARTS) is 1. The normalized spacial score (nSPS) is 10.4. The predicted molar refractivity (Wildman–Crippen MR) is 74.4 cm³/mol. The van der Waals surface area contributed by atoms with Crippen molar-refractivity contribution in [1.82, 2.24) is 0 Å². The van der Waals surface area contributed by atoms with E-state index in [9.17, 15) is 28.1 Å². The quantitative estimate of drug-likeness (QED) is 0.659. The molecule has 0 unspecified atom stereocenters. The molecule has 0 aliphatic heterocycles. The Balaban J connectivity index is 2.63. The van der Waals surface area contributed by atoms with E-state index >= 15 is 0 Å². The first-order chi connectivity index (χ1) is 10.7. The van der Waals surface area contributed by atoms with Crippen LogP contribution in [-0.2, 0) is 0 Å². The maximum absolute atomic E-state index is 14.0. The summed E-state index contributed by atoms with van der Waals surface area (Å²) in [7, 11) is 0. The average Bonchev–Trinajstić information content (AvgIpc) is 2.45. The fraction of sp³-hybridized carbons (Fsp3) is 0.0714. The molecule has 0 bridgehead atoms. The summed E-state index contributed by atoms with van der Waals surface area (Å²) in [5.41, 5.74) is -2.86. The molecule has 0 saturated heterocycles. The lowest BCUT2D eigenvalue weighted by Crippen LogP contribution is -2.10. The summed E-state index contributed by atoms with van der Waals surface area (Å²) < 4.78 is 41.5. The Morgan fingerprint density at radius 2 is 1.87 bits per heavy atom. The van der Waals surface area contributed by atoms with Crippen molar-refractivity contribution >= 4 is 23.0 Å². The number of nitro benzene ring substituents is 1. The molecule has 0 atom stereocenters. The molecule has 0 fully saturated rings. The number of hydrogen-bond donors (Lipinski definition) is 2. The molecule has 0 aliphatic rings. The van der Waals surface area contributed by atoms with E-state index in [0.717, 1.165) is 6.07 Å². The second kappa shape index (κ2) is 5.95. The minimum Gasteiger partial charge on any atom is -0.478 e. The van der Waals surface area contributed by atoms with Gasteiger partial charge in [-0.2, -0.15) is 4.39 Å². The Kier molecular flexibility index (Phi) is 4.21. The molecule has 9 heteroatoms. The number of aryl methyl sites for hydroxylation is 1. The number of aromatic carboxylic acids is 1. The van der Waals surface area contributed by atoms with E-state index in [-0.39, 0.29) is 5.69 Å². The lowest BCUT2D eigenvalue weighted by Gasteiger charge is -2.12. The minimum absolute atomic E-state index is 0.301. The summed E-state index contributed by atoms with van der Waals surface area (Å²) >= 11 is 0. The molecule has 0 aliphatic carbocycles. The van der Waals surface area contributed by atoms with Crippen molar-refractivity contribution in [2.45, 2.75) is 6.92 Å². The fourth-order valence-corrected chi connectivity index (χ4v) is 1.89. The van der Waals surface area contributed by atoms with Crippen LogP contribution in [0, 0.1) is 34.5 Å². The molecule has 0 saturated carbocycles. The number of nitrogens with one attached hydrogen (secondary N) is 1. The second-order valence-electron chi connectivity index (χ2n) is 4.62. The molecule has 0 aromatic heterocycles. The number of carboxylic acids is 1. The molecule has 2 aromatic rings. The third-order valence-electron chi connectivity index (χ3n) is 3.00. The SMILES string of the molecule is Cc1ccc(Nc2c(C(=O)O)cc([N+](=O)[O-])c(F)c2F)c(F)c1. The van der Waals surface area contributed by atoms with E-state index < -0.39 is 45.3 Å². The lowest BCUT2D eigenvalue weighted by molar-refractivity contribution is -0.387. The van der Waals surface area contributed by atoms with Crippen molar-refractivity contribution < 1.29 is 28.0 Å². The van der Waals surface area contributed by atoms with E-state index in [1.165, 1.54) is 12.1 Å². The summed E-state index contributed by atoms with van der Waals surface area (Å²) in [6, 6.07) is 4.14. The van der Waals surface area contributed by atoms with Gasteiger partial charge in [-0.3, -0.25) is 10.1 Å². The third kappa shape index (κ3) is 3.07. The van der Waals surface area contributed by atoms with Crippen LogP contribution in [0.25, 0.3) is 0 Å². The number of halogens is 3. The van der Waals surface area contributed by atoms with E-state index in [1.54, 1.807) is 6.92 Å². The van der Waals surface area contributed by atoms with Crippen molar-refractivity contribution in [3.8, 4) is 0 Å². The van der Waals surface area contributed by atoms with Gasteiger partial charge >= 0.3 is 11.7 Å².